The van der Waals surface area contributed by atoms with Crippen molar-refractivity contribution in [2.75, 3.05) is 20.1 Å². The van der Waals surface area contributed by atoms with E-state index in [2.05, 4.69) is 32.7 Å². The van der Waals surface area contributed by atoms with Crippen molar-refractivity contribution in [3.8, 4) is 0 Å². The molecule has 2 atom stereocenters. The molecule has 1 fully saturated rings. The van der Waals surface area contributed by atoms with Crippen LogP contribution < -0.4 is 0 Å². The maximum atomic E-state index is 2.51. The Kier molecular flexibility index (Phi) is 7.97. The van der Waals surface area contributed by atoms with Gasteiger partial charge in [-0.05, 0) is 57.2 Å². The quantitative estimate of drug-likeness (QED) is 0.620. The smallest absolute Gasteiger partial charge is 0.00191 e. The molecule has 18 heavy (non-hydrogen) atoms. The van der Waals surface area contributed by atoms with Gasteiger partial charge in [0.15, 0.2) is 0 Å². The van der Waals surface area contributed by atoms with Crippen molar-refractivity contribution >= 4 is 0 Å². The van der Waals surface area contributed by atoms with Crippen molar-refractivity contribution in [2.24, 2.45) is 17.8 Å². The summed E-state index contributed by atoms with van der Waals surface area (Å²) >= 11 is 0. The number of likely N-dealkylation sites (tertiary alicyclic amines) is 1. The number of hydrogen-bond donors (Lipinski definition) is 0. The van der Waals surface area contributed by atoms with Gasteiger partial charge >= 0.3 is 0 Å². The van der Waals surface area contributed by atoms with Gasteiger partial charge in [0.25, 0.3) is 0 Å². The third-order valence-electron chi connectivity index (χ3n) is 4.62. The molecule has 0 amide bonds. The summed E-state index contributed by atoms with van der Waals surface area (Å²) in [6.07, 6.45) is 11.6. The van der Waals surface area contributed by atoms with Crippen LogP contribution in [0.2, 0.25) is 0 Å². The standard InChI is InChI=1S/C17H35N/c1-15(2)10-11-16(3)7-5-8-17-9-6-13-18(4)14-12-17/h15-17H,5-14H2,1-4H3. The molecule has 0 aliphatic carbocycles. The minimum absolute atomic E-state index is 0.879. The van der Waals surface area contributed by atoms with Crippen LogP contribution in [0.25, 0.3) is 0 Å². The Morgan fingerprint density at radius 3 is 2.50 bits per heavy atom. The Labute approximate surface area is 115 Å². The zero-order chi connectivity index (χ0) is 13.4. The summed E-state index contributed by atoms with van der Waals surface area (Å²) < 4.78 is 0. The zero-order valence-electron chi connectivity index (χ0n) is 13.3. The first kappa shape index (κ1) is 16.0. The molecule has 0 radical (unpaired) electrons. The van der Waals surface area contributed by atoms with E-state index in [1.165, 1.54) is 64.5 Å². The van der Waals surface area contributed by atoms with Gasteiger partial charge in [-0.3, -0.25) is 0 Å². The van der Waals surface area contributed by atoms with E-state index in [9.17, 15) is 0 Å². The van der Waals surface area contributed by atoms with E-state index < -0.39 is 0 Å². The summed E-state index contributed by atoms with van der Waals surface area (Å²) in [5.74, 6) is 2.85. The molecule has 1 rings (SSSR count). The van der Waals surface area contributed by atoms with Crippen molar-refractivity contribution in [1.82, 2.24) is 4.90 Å². The lowest BCUT2D eigenvalue weighted by atomic mass is 9.90. The summed E-state index contributed by atoms with van der Waals surface area (Å²) in [5.41, 5.74) is 0. The number of hydrogen-bond acceptors (Lipinski definition) is 1. The van der Waals surface area contributed by atoms with E-state index in [-0.39, 0.29) is 0 Å². The van der Waals surface area contributed by atoms with Crippen molar-refractivity contribution in [1.29, 1.82) is 0 Å². The summed E-state index contributed by atoms with van der Waals surface area (Å²) in [7, 11) is 2.27. The highest BCUT2D eigenvalue weighted by Gasteiger charge is 2.14. The molecular formula is C17H35N. The number of rotatable bonds is 7. The molecule has 0 aromatic heterocycles. The molecule has 1 heterocycles. The first-order valence-electron chi connectivity index (χ1n) is 8.26. The van der Waals surface area contributed by atoms with E-state index in [1.807, 2.05) is 0 Å². The maximum absolute atomic E-state index is 2.51. The van der Waals surface area contributed by atoms with Gasteiger partial charge in [0.2, 0.25) is 0 Å². The Bertz CT molecular complexity index is 200. The van der Waals surface area contributed by atoms with Crippen molar-refractivity contribution < 1.29 is 0 Å². The van der Waals surface area contributed by atoms with Crippen LogP contribution in [0.3, 0.4) is 0 Å². The fraction of sp³-hybridized carbons (Fsp3) is 1.00. The van der Waals surface area contributed by atoms with Crippen LogP contribution in [0.4, 0.5) is 0 Å². The van der Waals surface area contributed by atoms with Crippen LogP contribution in [0.1, 0.15) is 72.1 Å². The molecule has 1 aliphatic heterocycles. The minimum atomic E-state index is 0.879. The average Bonchev–Trinajstić information content (AvgIpc) is 2.52. The summed E-state index contributed by atoms with van der Waals surface area (Å²) in [5, 5.41) is 0. The Hall–Kier alpha value is -0.0400. The van der Waals surface area contributed by atoms with Crippen LogP contribution in [-0.2, 0) is 0 Å². The van der Waals surface area contributed by atoms with Gasteiger partial charge in [-0.1, -0.05) is 52.9 Å². The Morgan fingerprint density at radius 1 is 1.00 bits per heavy atom. The molecule has 0 bridgehead atoms. The lowest BCUT2D eigenvalue weighted by molar-refractivity contribution is 0.332. The van der Waals surface area contributed by atoms with Crippen LogP contribution in [-0.4, -0.2) is 25.0 Å². The van der Waals surface area contributed by atoms with Crippen LogP contribution >= 0.6 is 0 Å². The van der Waals surface area contributed by atoms with Gasteiger partial charge in [0, 0.05) is 0 Å². The van der Waals surface area contributed by atoms with Gasteiger partial charge in [-0.2, -0.15) is 0 Å². The predicted molar refractivity (Wildman–Crippen MR) is 81.9 cm³/mol. The monoisotopic (exact) mass is 253 g/mol. The normalized spacial score (nSPS) is 24.2. The topological polar surface area (TPSA) is 3.24 Å². The molecule has 2 unspecified atom stereocenters. The minimum Gasteiger partial charge on any atom is -0.306 e. The fourth-order valence-electron chi connectivity index (χ4n) is 3.11. The summed E-state index contributed by atoms with van der Waals surface area (Å²) in [4.78, 5) is 2.51. The highest BCUT2D eigenvalue weighted by atomic mass is 15.1. The second-order valence-electron chi connectivity index (χ2n) is 7.11. The van der Waals surface area contributed by atoms with Gasteiger partial charge in [-0.25, -0.2) is 0 Å². The second kappa shape index (κ2) is 8.96. The maximum Gasteiger partial charge on any atom is -0.00191 e. The van der Waals surface area contributed by atoms with Gasteiger partial charge < -0.3 is 4.90 Å². The molecule has 1 heteroatoms. The molecule has 1 aliphatic rings. The third-order valence-corrected chi connectivity index (χ3v) is 4.62. The SMILES string of the molecule is CC(C)CCC(C)CCCC1CCCN(C)CC1. The van der Waals surface area contributed by atoms with Gasteiger partial charge in [0.1, 0.15) is 0 Å². The first-order chi connectivity index (χ1) is 8.58. The fourth-order valence-corrected chi connectivity index (χ4v) is 3.11. The van der Waals surface area contributed by atoms with E-state index in [0.717, 1.165) is 17.8 Å². The highest BCUT2D eigenvalue weighted by molar-refractivity contribution is 4.68. The first-order valence-corrected chi connectivity index (χ1v) is 8.26. The lowest BCUT2D eigenvalue weighted by Crippen LogP contribution is -2.18. The third kappa shape index (κ3) is 7.41. The molecule has 0 saturated carbocycles. The lowest BCUT2D eigenvalue weighted by Gasteiger charge is -2.17. The molecule has 108 valence electrons. The zero-order valence-corrected chi connectivity index (χ0v) is 13.3. The molecule has 0 N–H and O–H groups in total. The second-order valence-corrected chi connectivity index (χ2v) is 7.11. The van der Waals surface area contributed by atoms with Crippen molar-refractivity contribution in [3.63, 3.8) is 0 Å². The number of nitrogens with zero attached hydrogens (tertiary/aromatic N) is 1. The Balaban J connectivity index is 2.05. The van der Waals surface area contributed by atoms with Crippen LogP contribution in [0.5, 0.6) is 0 Å². The molecule has 1 saturated heterocycles. The van der Waals surface area contributed by atoms with E-state index in [4.69, 9.17) is 0 Å². The molecule has 0 aromatic rings. The van der Waals surface area contributed by atoms with Crippen molar-refractivity contribution in [2.45, 2.75) is 72.1 Å². The van der Waals surface area contributed by atoms with Crippen LogP contribution in [0.15, 0.2) is 0 Å². The average molecular weight is 253 g/mol. The van der Waals surface area contributed by atoms with Gasteiger partial charge in [0.05, 0.1) is 0 Å². The van der Waals surface area contributed by atoms with E-state index in [1.54, 1.807) is 0 Å². The van der Waals surface area contributed by atoms with Crippen LogP contribution in [0, 0.1) is 17.8 Å². The molecule has 0 aromatic carbocycles. The summed E-state index contributed by atoms with van der Waals surface area (Å²) in [6, 6.07) is 0. The summed E-state index contributed by atoms with van der Waals surface area (Å²) in [6.45, 7) is 9.78. The van der Waals surface area contributed by atoms with Gasteiger partial charge in [-0.15, -0.1) is 0 Å². The van der Waals surface area contributed by atoms with E-state index >= 15 is 0 Å². The van der Waals surface area contributed by atoms with Crippen molar-refractivity contribution in [3.05, 3.63) is 0 Å². The molecular weight excluding hydrogens is 218 g/mol. The largest absolute Gasteiger partial charge is 0.306 e. The van der Waals surface area contributed by atoms with E-state index in [0.29, 0.717) is 0 Å². The highest BCUT2D eigenvalue weighted by Crippen LogP contribution is 2.24. The predicted octanol–water partition coefficient (Wildman–Crippen LogP) is 4.96. The molecule has 0 spiro atoms. The molecule has 1 nitrogen and oxygen atoms in total. The Morgan fingerprint density at radius 2 is 1.78 bits per heavy atom.